The van der Waals surface area contributed by atoms with Gasteiger partial charge >= 0.3 is 0 Å². The molecule has 0 aromatic carbocycles. The van der Waals surface area contributed by atoms with Crippen LogP contribution in [-0.2, 0) is 14.8 Å². The molecule has 0 fully saturated rings. The quantitative estimate of drug-likeness (QED) is 0.898. The Morgan fingerprint density at radius 1 is 1.43 bits per heavy atom. The average molecular weight is 335 g/mol. The van der Waals surface area contributed by atoms with Crippen LogP contribution in [0.4, 0.5) is 0 Å². The van der Waals surface area contributed by atoms with Crippen LogP contribution in [0.3, 0.4) is 0 Å². The molecule has 8 heteroatoms. The van der Waals surface area contributed by atoms with E-state index in [4.69, 9.17) is 4.42 Å². The van der Waals surface area contributed by atoms with E-state index in [-0.39, 0.29) is 29.7 Å². The van der Waals surface area contributed by atoms with E-state index >= 15 is 0 Å². The van der Waals surface area contributed by atoms with Gasteiger partial charge in [-0.3, -0.25) is 4.79 Å². The van der Waals surface area contributed by atoms with Gasteiger partial charge in [0.1, 0.15) is 11.5 Å². The summed E-state index contributed by atoms with van der Waals surface area (Å²) in [5.74, 6) is 1.11. The molecule has 0 aliphatic carbocycles. The molecule has 1 aromatic rings. The van der Waals surface area contributed by atoms with Crippen LogP contribution in [0.1, 0.15) is 24.5 Å². The lowest BCUT2D eigenvalue weighted by Crippen LogP contribution is -2.42. The highest BCUT2D eigenvalue weighted by molar-refractivity contribution is 7.90. The van der Waals surface area contributed by atoms with Gasteiger partial charge in [0.05, 0.1) is 17.4 Å². The highest BCUT2D eigenvalue weighted by Gasteiger charge is 2.30. The number of nitrogens with one attached hydrogen (secondary N) is 1. The Hall–Kier alpha value is -2.35. The largest absolute Gasteiger partial charge is 0.464 e. The van der Waals surface area contributed by atoms with E-state index in [1.165, 1.54) is 0 Å². The molecule has 0 radical (unpaired) electrons. The minimum Gasteiger partial charge on any atom is -0.464 e. The number of amidine groups is 1. The van der Waals surface area contributed by atoms with Crippen molar-refractivity contribution < 1.29 is 17.6 Å². The van der Waals surface area contributed by atoms with Gasteiger partial charge in [-0.2, -0.15) is 0 Å². The van der Waals surface area contributed by atoms with Crippen molar-refractivity contribution in [3.05, 3.63) is 47.6 Å². The Morgan fingerprint density at radius 3 is 2.91 bits per heavy atom. The number of hydrogen-bond donors (Lipinski definition) is 1. The smallest absolute Gasteiger partial charge is 0.256 e. The third kappa shape index (κ3) is 3.21. The fraction of sp³-hybridized carbons (Fsp3) is 0.333. The standard InChI is InChI=1S/C15H17N3O4S/c1-10-5-6-13(22-10)11(2)16-15(19)12-4-3-7-18-8-9-23(20,21)17-14(12)18/h3-7,11H,8-9H2,1-2H3,(H,16,19)/t11-/m1/s1. The van der Waals surface area contributed by atoms with Crippen molar-refractivity contribution in [2.24, 2.45) is 4.40 Å². The summed E-state index contributed by atoms with van der Waals surface area (Å²) in [6.45, 7) is 3.91. The van der Waals surface area contributed by atoms with Crippen LogP contribution in [0, 0.1) is 6.92 Å². The van der Waals surface area contributed by atoms with Crippen molar-refractivity contribution in [2.75, 3.05) is 12.3 Å². The Bertz CT molecular complexity index is 833. The number of rotatable bonds is 3. The Balaban J connectivity index is 1.82. The lowest BCUT2D eigenvalue weighted by atomic mass is 10.1. The molecule has 122 valence electrons. The van der Waals surface area contributed by atoms with Crippen molar-refractivity contribution in [1.82, 2.24) is 10.2 Å². The van der Waals surface area contributed by atoms with Gasteiger partial charge in [0, 0.05) is 12.7 Å². The maximum Gasteiger partial charge on any atom is 0.256 e. The van der Waals surface area contributed by atoms with E-state index in [2.05, 4.69) is 9.71 Å². The number of furan rings is 1. The maximum absolute atomic E-state index is 12.5. The van der Waals surface area contributed by atoms with Crippen molar-refractivity contribution >= 4 is 21.8 Å². The SMILES string of the molecule is Cc1ccc([C@@H](C)NC(=O)C2=CC=CN3CCS(=O)(=O)N=C23)o1. The number of nitrogens with zero attached hydrogens (tertiary/aromatic N) is 2. The summed E-state index contributed by atoms with van der Waals surface area (Å²) < 4.78 is 32.6. The minimum absolute atomic E-state index is 0.0577. The molecule has 0 spiro atoms. The van der Waals surface area contributed by atoms with E-state index < -0.39 is 15.9 Å². The minimum atomic E-state index is -3.52. The molecular weight excluding hydrogens is 318 g/mol. The van der Waals surface area contributed by atoms with Crippen LogP contribution in [0.5, 0.6) is 0 Å². The van der Waals surface area contributed by atoms with E-state index in [1.54, 1.807) is 36.2 Å². The maximum atomic E-state index is 12.5. The number of carbonyl (C=O) groups is 1. The number of amides is 1. The molecule has 1 N–H and O–H groups in total. The summed E-state index contributed by atoms with van der Waals surface area (Å²) in [4.78, 5) is 14.2. The van der Waals surface area contributed by atoms with Crippen LogP contribution < -0.4 is 5.32 Å². The van der Waals surface area contributed by atoms with E-state index in [0.29, 0.717) is 5.76 Å². The van der Waals surface area contributed by atoms with Gasteiger partial charge in [0.25, 0.3) is 15.9 Å². The second-order valence-corrected chi connectivity index (χ2v) is 7.21. The molecule has 0 unspecified atom stereocenters. The first-order valence-electron chi connectivity index (χ1n) is 7.21. The predicted molar refractivity (Wildman–Crippen MR) is 85.2 cm³/mol. The summed E-state index contributed by atoms with van der Waals surface area (Å²) in [5.41, 5.74) is 0.228. The zero-order valence-corrected chi connectivity index (χ0v) is 13.6. The molecule has 1 amide bonds. The lowest BCUT2D eigenvalue weighted by Gasteiger charge is -2.29. The Labute approximate surface area is 134 Å². The van der Waals surface area contributed by atoms with E-state index in [0.717, 1.165) is 5.76 Å². The lowest BCUT2D eigenvalue weighted by molar-refractivity contribution is -0.117. The van der Waals surface area contributed by atoms with Crippen LogP contribution in [-0.4, -0.2) is 37.4 Å². The molecule has 23 heavy (non-hydrogen) atoms. The van der Waals surface area contributed by atoms with E-state index in [1.807, 2.05) is 13.0 Å². The van der Waals surface area contributed by atoms with Gasteiger partial charge in [-0.15, -0.1) is 4.40 Å². The summed E-state index contributed by atoms with van der Waals surface area (Å²) >= 11 is 0. The fourth-order valence-corrected chi connectivity index (χ4v) is 3.41. The first-order chi connectivity index (χ1) is 10.9. The molecular formula is C15H17N3O4S. The molecule has 7 nitrogen and oxygen atoms in total. The number of carbonyl (C=O) groups excluding carboxylic acids is 1. The van der Waals surface area contributed by atoms with Crippen LogP contribution in [0.15, 0.2) is 44.9 Å². The van der Waals surface area contributed by atoms with Gasteiger partial charge in [-0.25, -0.2) is 8.42 Å². The van der Waals surface area contributed by atoms with Gasteiger partial charge in [-0.05, 0) is 38.1 Å². The molecule has 1 atom stereocenters. The Kier molecular flexibility index (Phi) is 3.85. The summed E-state index contributed by atoms with van der Waals surface area (Å²) in [5, 5.41) is 2.80. The molecule has 3 heterocycles. The molecule has 2 aliphatic heterocycles. The first kappa shape index (κ1) is 15.5. The number of hydrogen-bond acceptors (Lipinski definition) is 5. The fourth-order valence-electron chi connectivity index (χ4n) is 2.43. The number of allylic oxidation sites excluding steroid dienone is 2. The zero-order valence-electron chi connectivity index (χ0n) is 12.8. The monoisotopic (exact) mass is 335 g/mol. The number of sulfonamides is 1. The average Bonchev–Trinajstić information content (AvgIpc) is 2.92. The van der Waals surface area contributed by atoms with Crippen LogP contribution >= 0.6 is 0 Å². The van der Waals surface area contributed by atoms with Gasteiger partial charge in [0.2, 0.25) is 0 Å². The normalized spacial score (nSPS) is 20.3. The van der Waals surface area contributed by atoms with Gasteiger partial charge in [-0.1, -0.05) is 0 Å². The second-order valence-electron chi connectivity index (χ2n) is 5.46. The van der Waals surface area contributed by atoms with Crippen molar-refractivity contribution in [1.29, 1.82) is 0 Å². The molecule has 0 bridgehead atoms. The molecule has 1 aromatic heterocycles. The van der Waals surface area contributed by atoms with Crippen LogP contribution in [0.2, 0.25) is 0 Å². The second kappa shape index (κ2) is 5.69. The third-order valence-corrected chi connectivity index (χ3v) is 4.79. The van der Waals surface area contributed by atoms with Gasteiger partial charge < -0.3 is 14.6 Å². The number of fused-ring (bicyclic) bond motifs is 1. The number of aryl methyl sites for hydroxylation is 1. The molecule has 3 rings (SSSR count). The first-order valence-corrected chi connectivity index (χ1v) is 8.82. The van der Waals surface area contributed by atoms with Crippen molar-refractivity contribution in [2.45, 2.75) is 19.9 Å². The third-order valence-electron chi connectivity index (χ3n) is 3.64. The van der Waals surface area contributed by atoms with Gasteiger partial charge in [0.15, 0.2) is 5.84 Å². The topological polar surface area (TPSA) is 92.0 Å². The van der Waals surface area contributed by atoms with E-state index in [9.17, 15) is 13.2 Å². The predicted octanol–water partition coefficient (Wildman–Crippen LogP) is 1.26. The molecule has 0 saturated carbocycles. The summed E-state index contributed by atoms with van der Waals surface area (Å²) in [6, 6.07) is 3.28. The molecule has 0 saturated heterocycles. The summed E-state index contributed by atoms with van der Waals surface area (Å²) in [6.07, 6.45) is 4.98. The molecule has 2 aliphatic rings. The zero-order chi connectivity index (χ0) is 16.6. The highest BCUT2D eigenvalue weighted by Crippen LogP contribution is 2.20. The van der Waals surface area contributed by atoms with Crippen molar-refractivity contribution in [3.8, 4) is 0 Å². The highest BCUT2D eigenvalue weighted by atomic mass is 32.2. The summed E-state index contributed by atoms with van der Waals surface area (Å²) in [7, 11) is -3.52. The Morgan fingerprint density at radius 2 is 2.22 bits per heavy atom. The van der Waals surface area contributed by atoms with Crippen molar-refractivity contribution in [3.63, 3.8) is 0 Å². The van der Waals surface area contributed by atoms with Crippen LogP contribution in [0.25, 0.3) is 0 Å².